The molecule has 19 nitrogen and oxygen atoms in total. The Morgan fingerprint density at radius 2 is 1.79 bits per heavy atom. The largest absolute Gasteiger partial charge is 0.484 e. The van der Waals surface area contributed by atoms with Gasteiger partial charge in [-0.3, -0.25) is 39.4 Å². The maximum Gasteiger partial charge on any atom is 0.279 e. The number of benzene rings is 1. The lowest BCUT2D eigenvalue weighted by atomic mass is 9.95. The van der Waals surface area contributed by atoms with Gasteiger partial charge >= 0.3 is 0 Å². The Balaban J connectivity index is 0.764. The molecule has 7 heterocycles. The highest BCUT2D eigenvalue weighted by molar-refractivity contribution is 7.87. The molecule has 4 N–H and O–H groups in total. The summed E-state index contributed by atoms with van der Waals surface area (Å²) < 4.78 is 38.9. The molecule has 1 unspecified atom stereocenters. The van der Waals surface area contributed by atoms with Crippen LogP contribution in [0.2, 0.25) is 0 Å². The first kappa shape index (κ1) is 36.3. The summed E-state index contributed by atoms with van der Waals surface area (Å²) in [6, 6.07) is 2.39. The smallest absolute Gasteiger partial charge is 0.279 e. The molecular formula is C36H42N12O7S. The van der Waals surface area contributed by atoms with E-state index in [-0.39, 0.29) is 48.6 Å². The van der Waals surface area contributed by atoms with Crippen LogP contribution < -0.4 is 20.1 Å². The summed E-state index contributed by atoms with van der Waals surface area (Å²) in [7, 11) is -3.72. The van der Waals surface area contributed by atoms with Crippen LogP contribution in [-0.4, -0.2) is 120 Å². The molecule has 3 aromatic heterocycles. The second kappa shape index (κ2) is 14.3. The molecular weight excluding hydrogens is 745 g/mol. The number of aromatic nitrogens is 6. The highest BCUT2D eigenvalue weighted by atomic mass is 32.2. The number of H-pyrrole nitrogens is 1. The number of fused-ring (bicyclic) bond motifs is 3. The van der Waals surface area contributed by atoms with Crippen molar-refractivity contribution in [3.63, 3.8) is 0 Å². The van der Waals surface area contributed by atoms with Gasteiger partial charge in [-0.25, -0.2) is 9.71 Å². The van der Waals surface area contributed by atoms with Crippen LogP contribution in [0.15, 0.2) is 30.9 Å². The van der Waals surface area contributed by atoms with Crippen LogP contribution in [0.25, 0.3) is 16.9 Å². The number of carbonyl (C=O) groups is 4. The number of nitrogens with zero attached hydrogens (tertiary/aromatic N) is 8. The zero-order chi connectivity index (χ0) is 38.7. The van der Waals surface area contributed by atoms with Crippen molar-refractivity contribution in [3.8, 4) is 17.0 Å². The molecule has 4 aliphatic heterocycles. The number of hydrogen-bond acceptors (Lipinski definition) is 13. The molecule has 0 bridgehead atoms. The number of ether oxygens (including phenoxy) is 1. The quantitative estimate of drug-likeness (QED) is 0.117. The number of nitrogens with one attached hydrogen (secondary N) is 4. The molecule has 5 aliphatic rings. The van der Waals surface area contributed by atoms with Gasteiger partial charge in [0.15, 0.2) is 5.75 Å². The van der Waals surface area contributed by atoms with Crippen LogP contribution in [0.4, 0.5) is 5.95 Å². The lowest BCUT2D eigenvalue weighted by Crippen LogP contribution is -2.54. The van der Waals surface area contributed by atoms with Gasteiger partial charge in [-0.15, -0.1) is 5.10 Å². The number of hydrogen-bond donors (Lipinski definition) is 4. The van der Waals surface area contributed by atoms with Crippen molar-refractivity contribution in [2.24, 2.45) is 5.92 Å². The maximum atomic E-state index is 13.3. The van der Waals surface area contributed by atoms with Gasteiger partial charge in [0.05, 0.1) is 23.4 Å². The number of rotatable bonds is 12. The number of aromatic amines is 1. The van der Waals surface area contributed by atoms with Crippen LogP contribution in [0.5, 0.6) is 5.75 Å². The molecule has 4 aromatic rings. The van der Waals surface area contributed by atoms with Crippen molar-refractivity contribution in [2.75, 3.05) is 31.5 Å². The first-order valence-corrected chi connectivity index (χ1v) is 20.5. The predicted octanol–water partition coefficient (Wildman–Crippen LogP) is 1.21. The molecule has 0 spiro atoms. The van der Waals surface area contributed by atoms with E-state index in [2.05, 4.69) is 40.5 Å². The standard InChI is InChI=1S/C36H42N12O7S/c1-20-16-46(11-8-27(20)41-36-43-32-31(55-24-4-2-5-24)30(23-14-38-39-15-23)37-19-47(32)44-36)56(53,54)40-9-3-10-45-17-21-12-25-26(13-22(21)18-45)35(52)48(34(25)51)28-6-7-29(49)42-33(28)50/h12-15,19-20,24,27-28,40H,2-11,16-18H2,1H3,(H,38,39)(H,41,44)(H,42,49,50)/t20-,27+,28?/m1/s1. The zero-order valence-electron chi connectivity index (χ0n) is 30.7. The van der Waals surface area contributed by atoms with Crippen LogP contribution in [0, 0.1) is 5.92 Å². The molecule has 0 radical (unpaired) electrons. The molecule has 1 saturated carbocycles. The lowest BCUT2D eigenvalue weighted by Gasteiger charge is -2.36. The van der Waals surface area contributed by atoms with Gasteiger partial charge in [0.2, 0.25) is 23.4 Å². The Labute approximate surface area is 321 Å². The van der Waals surface area contributed by atoms with E-state index in [1.807, 2.05) is 6.92 Å². The molecule has 2 saturated heterocycles. The number of anilines is 1. The van der Waals surface area contributed by atoms with Crippen LogP contribution in [0.1, 0.15) is 83.7 Å². The third-order valence-electron chi connectivity index (χ3n) is 11.5. The van der Waals surface area contributed by atoms with Crippen LogP contribution in [0.3, 0.4) is 0 Å². The number of amides is 4. The van der Waals surface area contributed by atoms with E-state index in [4.69, 9.17) is 9.72 Å². The van der Waals surface area contributed by atoms with Crippen molar-refractivity contribution in [2.45, 2.75) is 83.1 Å². The molecule has 3 fully saturated rings. The summed E-state index contributed by atoms with van der Waals surface area (Å²) in [4.78, 5) is 63.0. The van der Waals surface area contributed by atoms with Gasteiger partial charge in [0.25, 0.3) is 22.0 Å². The molecule has 1 aromatic carbocycles. The fraction of sp³-hybridized carbons (Fsp3) is 0.500. The van der Waals surface area contributed by atoms with E-state index >= 15 is 0 Å². The van der Waals surface area contributed by atoms with Crippen LogP contribution in [-0.2, 0) is 32.9 Å². The SMILES string of the molecule is C[C@@H]1CN(S(=O)(=O)NCCCN2Cc3cc4c(cc3C2)C(=O)N(C2CCC(=O)NC2=O)C4=O)CC[C@@H]1Nc1nc2c(OC3CCC3)c(-c3cn[nH]c3)ncn2n1. The third-order valence-corrected chi connectivity index (χ3v) is 13.0. The van der Waals surface area contributed by atoms with E-state index < -0.39 is 39.9 Å². The van der Waals surface area contributed by atoms with E-state index in [1.54, 1.807) is 35.4 Å². The molecule has 3 atom stereocenters. The second-order valence-corrected chi connectivity index (χ2v) is 17.0. The Bertz CT molecular complexity index is 2300. The van der Waals surface area contributed by atoms with E-state index in [0.717, 1.165) is 40.9 Å². The summed E-state index contributed by atoms with van der Waals surface area (Å²) in [6.45, 7) is 4.61. The monoisotopic (exact) mass is 786 g/mol. The molecule has 56 heavy (non-hydrogen) atoms. The minimum Gasteiger partial charge on any atom is -0.484 e. The normalized spacial score (nSPS) is 23.4. The Hall–Kier alpha value is -5.31. The summed E-state index contributed by atoms with van der Waals surface area (Å²) in [5.41, 5.74) is 4.33. The van der Waals surface area contributed by atoms with Crippen LogP contribution >= 0.6 is 0 Å². The highest BCUT2D eigenvalue weighted by Gasteiger charge is 2.45. The van der Waals surface area contributed by atoms with Gasteiger partial charge in [0, 0.05) is 63.5 Å². The fourth-order valence-electron chi connectivity index (χ4n) is 8.14. The molecule has 20 heteroatoms. The molecule has 4 amide bonds. The average molecular weight is 787 g/mol. The third kappa shape index (κ3) is 6.69. The minimum absolute atomic E-state index is 0.0307. The second-order valence-electron chi connectivity index (χ2n) is 15.2. The molecule has 294 valence electrons. The van der Waals surface area contributed by atoms with E-state index in [0.29, 0.717) is 68.6 Å². The summed E-state index contributed by atoms with van der Waals surface area (Å²) in [5, 5.41) is 17.1. The van der Waals surface area contributed by atoms with E-state index in [9.17, 15) is 27.6 Å². The summed E-state index contributed by atoms with van der Waals surface area (Å²) in [5.74, 6) is -1.17. The molecule has 1 aliphatic carbocycles. The Morgan fingerprint density at radius 3 is 2.45 bits per heavy atom. The summed E-state index contributed by atoms with van der Waals surface area (Å²) in [6.07, 6.45) is 9.51. The Kier molecular flexibility index (Phi) is 9.29. The Morgan fingerprint density at radius 1 is 1.02 bits per heavy atom. The average Bonchev–Trinajstić information content (AvgIpc) is 3.95. The highest BCUT2D eigenvalue weighted by Crippen LogP contribution is 2.36. The van der Waals surface area contributed by atoms with E-state index in [1.165, 1.54) is 4.31 Å². The first-order chi connectivity index (χ1) is 27.0. The van der Waals surface area contributed by atoms with Crippen molar-refractivity contribution in [1.82, 2.24) is 53.9 Å². The number of piperidine rings is 2. The zero-order valence-corrected chi connectivity index (χ0v) is 31.5. The molecule has 9 rings (SSSR count). The summed E-state index contributed by atoms with van der Waals surface area (Å²) >= 11 is 0. The van der Waals surface area contributed by atoms with Gasteiger partial charge in [-0.2, -0.15) is 27.3 Å². The lowest BCUT2D eigenvalue weighted by molar-refractivity contribution is -0.136. The van der Waals surface area contributed by atoms with Crippen molar-refractivity contribution in [3.05, 3.63) is 53.1 Å². The van der Waals surface area contributed by atoms with Crippen molar-refractivity contribution < 1.29 is 32.3 Å². The topological polar surface area (TPSA) is 229 Å². The fourth-order valence-corrected chi connectivity index (χ4v) is 9.51. The first-order valence-electron chi connectivity index (χ1n) is 19.0. The number of imide groups is 2. The number of carbonyl (C=O) groups excluding carboxylic acids is 4. The van der Waals surface area contributed by atoms with Crippen molar-refractivity contribution in [1.29, 1.82) is 0 Å². The van der Waals surface area contributed by atoms with Gasteiger partial charge in [-0.1, -0.05) is 6.92 Å². The van der Waals surface area contributed by atoms with Gasteiger partial charge < -0.3 is 10.1 Å². The predicted molar refractivity (Wildman–Crippen MR) is 198 cm³/mol. The van der Waals surface area contributed by atoms with Gasteiger partial charge in [0.1, 0.15) is 18.1 Å². The minimum atomic E-state index is -3.72. The maximum absolute atomic E-state index is 13.3. The van der Waals surface area contributed by atoms with Crippen molar-refractivity contribution >= 4 is 45.4 Å². The van der Waals surface area contributed by atoms with Gasteiger partial charge in [-0.05, 0) is 67.7 Å².